The molecule has 0 spiro atoms. The number of carbonyl (C=O) groups is 1. The van der Waals surface area contributed by atoms with Gasteiger partial charge in [-0.25, -0.2) is 8.78 Å². The van der Waals surface area contributed by atoms with Crippen LogP contribution in [-0.4, -0.2) is 48.6 Å². The largest absolute Gasteiger partial charge is 0.395 e. The van der Waals surface area contributed by atoms with Gasteiger partial charge in [-0.05, 0) is 31.7 Å². The van der Waals surface area contributed by atoms with E-state index in [9.17, 15) is 13.6 Å². The molecule has 1 aliphatic rings. The lowest BCUT2D eigenvalue weighted by atomic mass is 9.79. The van der Waals surface area contributed by atoms with Crippen LogP contribution in [0.5, 0.6) is 0 Å². The third-order valence-corrected chi connectivity index (χ3v) is 3.75. The van der Waals surface area contributed by atoms with Crippen molar-refractivity contribution in [3.8, 4) is 0 Å². The summed E-state index contributed by atoms with van der Waals surface area (Å²) in [6.07, 6.45) is 1.84. The van der Waals surface area contributed by atoms with Gasteiger partial charge in [0.05, 0.1) is 13.2 Å². The fourth-order valence-electron chi connectivity index (χ4n) is 2.85. The fraction of sp³-hybridized carbons (Fsp3) is 0.923. The van der Waals surface area contributed by atoms with Gasteiger partial charge < -0.3 is 15.7 Å². The molecule has 1 saturated carbocycles. The maximum absolute atomic E-state index is 12.4. The lowest BCUT2D eigenvalue weighted by molar-refractivity contribution is -0.139. The Balaban J connectivity index is 2.56. The zero-order chi connectivity index (χ0) is 14.3. The van der Waals surface area contributed by atoms with Crippen molar-refractivity contribution in [3.05, 3.63) is 0 Å². The van der Waals surface area contributed by atoms with Gasteiger partial charge in [0.25, 0.3) is 6.43 Å². The predicted molar refractivity (Wildman–Crippen MR) is 68.8 cm³/mol. The van der Waals surface area contributed by atoms with E-state index in [4.69, 9.17) is 10.8 Å². The van der Waals surface area contributed by atoms with E-state index in [-0.39, 0.29) is 25.0 Å². The van der Waals surface area contributed by atoms with Gasteiger partial charge >= 0.3 is 0 Å². The molecule has 4 nitrogen and oxygen atoms in total. The summed E-state index contributed by atoms with van der Waals surface area (Å²) in [4.78, 5) is 13.3. The minimum atomic E-state index is -2.56. The Labute approximate surface area is 112 Å². The highest BCUT2D eigenvalue weighted by Crippen LogP contribution is 2.32. The minimum absolute atomic E-state index is 0.0127. The number of hydrogen-bond donors (Lipinski definition) is 2. The third-order valence-electron chi connectivity index (χ3n) is 3.75. The van der Waals surface area contributed by atoms with E-state index in [0.29, 0.717) is 12.5 Å². The standard InChI is InChI=1S/C13H24F2N2O2/c14-12(15)9-17(6-7-18)13(19)11-3-1-2-10(8-11)4-5-16/h10-12,18H,1-9,16H2. The number of alkyl halides is 2. The SMILES string of the molecule is NCCC1CCCC(C(=O)N(CCO)CC(F)F)C1. The predicted octanol–water partition coefficient (Wildman–Crippen LogP) is 1.23. The third kappa shape index (κ3) is 5.40. The lowest BCUT2D eigenvalue weighted by Gasteiger charge is -2.32. The van der Waals surface area contributed by atoms with Crippen molar-refractivity contribution in [1.82, 2.24) is 4.90 Å². The fourth-order valence-corrected chi connectivity index (χ4v) is 2.85. The molecule has 0 aromatic rings. The van der Waals surface area contributed by atoms with Gasteiger partial charge in [-0.1, -0.05) is 12.8 Å². The van der Waals surface area contributed by atoms with Crippen LogP contribution in [0.3, 0.4) is 0 Å². The first-order valence-electron chi connectivity index (χ1n) is 6.96. The number of aliphatic hydroxyl groups is 1. The van der Waals surface area contributed by atoms with Crippen molar-refractivity contribution in [2.45, 2.75) is 38.5 Å². The zero-order valence-electron chi connectivity index (χ0n) is 11.2. The maximum Gasteiger partial charge on any atom is 0.255 e. The first-order chi connectivity index (χ1) is 9.08. The van der Waals surface area contributed by atoms with E-state index in [1.807, 2.05) is 0 Å². The van der Waals surface area contributed by atoms with Crippen LogP contribution < -0.4 is 5.73 Å². The highest BCUT2D eigenvalue weighted by atomic mass is 19.3. The average Bonchev–Trinajstić information content (AvgIpc) is 2.37. The Kier molecular flexibility index (Phi) is 7.23. The number of nitrogens with zero attached hydrogens (tertiary/aromatic N) is 1. The molecule has 2 atom stereocenters. The molecular weight excluding hydrogens is 254 g/mol. The summed E-state index contributed by atoms with van der Waals surface area (Å²) in [5, 5.41) is 8.88. The van der Waals surface area contributed by atoms with E-state index in [1.54, 1.807) is 0 Å². The summed E-state index contributed by atoms with van der Waals surface area (Å²) in [7, 11) is 0. The Bertz CT molecular complexity index is 275. The number of halogens is 2. The van der Waals surface area contributed by atoms with Crippen molar-refractivity contribution in [1.29, 1.82) is 0 Å². The van der Waals surface area contributed by atoms with Crippen molar-refractivity contribution in [2.75, 3.05) is 26.2 Å². The number of rotatable bonds is 7. The van der Waals surface area contributed by atoms with Crippen molar-refractivity contribution in [2.24, 2.45) is 17.6 Å². The summed E-state index contributed by atoms with van der Waals surface area (Å²) in [6.45, 7) is -0.279. The molecule has 0 aliphatic heterocycles. The first-order valence-corrected chi connectivity index (χ1v) is 6.96. The normalized spacial score (nSPS) is 23.6. The second kappa shape index (κ2) is 8.43. The van der Waals surface area contributed by atoms with Crippen molar-refractivity contribution < 1.29 is 18.7 Å². The Morgan fingerprint density at radius 3 is 2.74 bits per heavy atom. The topological polar surface area (TPSA) is 66.6 Å². The molecule has 0 heterocycles. The van der Waals surface area contributed by atoms with E-state index in [1.165, 1.54) is 0 Å². The zero-order valence-corrected chi connectivity index (χ0v) is 11.2. The molecule has 0 aromatic heterocycles. The van der Waals surface area contributed by atoms with Crippen molar-refractivity contribution in [3.63, 3.8) is 0 Å². The molecule has 19 heavy (non-hydrogen) atoms. The summed E-state index contributed by atoms with van der Waals surface area (Å²) in [5.74, 6) is 0.00176. The van der Waals surface area contributed by atoms with E-state index in [2.05, 4.69) is 0 Å². The minimum Gasteiger partial charge on any atom is -0.395 e. The van der Waals surface area contributed by atoms with Gasteiger partial charge in [0, 0.05) is 12.5 Å². The number of nitrogens with two attached hydrogens (primary N) is 1. The molecule has 1 amide bonds. The van der Waals surface area contributed by atoms with Crippen LogP contribution in [0.1, 0.15) is 32.1 Å². The summed E-state index contributed by atoms with van der Waals surface area (Å²) < 4.78 is 24.9. The van der Waals surface area contributed by atoms with E-state index in [0.717, 1.165) is 37.0 Å². The van der Waals surface area contributed by atoms with Crippen LogP contribution >= 0.6 is 0 Å². The highest BCUT2D eigenvalue weighted by Gasteiger charge is 2.30. The van der Waals surface area contributed by atoms with Crippen molar-refractivity contribution >= 4 is 5.91 Å². The van der Waals surface area contributed by atoms with Crippen LogP contribution in [0, 0.1) is 11.8 Å². The molecule has 0 saturated heterocycles. The van der Waals surface area contributed by atoms with Crippen LogP contribution in [0.25, 0.3) is 0 Å². The van der Waals surface area contributed by atoms with Crippen LogP contribution in [0.2, 0.25) is 0 Å². The van der Waals surface area contributed by atoms with Gasteiger partial charge in [-0.2, -0.15) is 0 Å². The van der Waals surface area contributed by atoms with Gasteiger partial charge in [0.1, 0.15) is 0 Å². The van der Waals surface area contributed by atoms with Gasteiger partial charge in [-0.3, -0.25) is 4.79 Å². The summed E-state index contributed by atoms with van der Waals surface area (Å²) >= 11 is 0. The Hall–Kier alpha value is -0.750. The quantitative estimate of drug-likeness (QED) is 0.736. The first kappa shape index (κ1) is 16.3. The van der Waals surface area contributed by atoms with Crippen LogP contribution in [0.4, 0.5) is 8.78 Å². The molecule has 2 unspecified atom stereocenters. The molecule has 1 rings (SSSR count). The van der Waals surface area contributed by atoms with Crippen LogP contribution in [-0.2, 0) is 4.79 Å². The molecule has 0 radical (unpaired) electrons. The second-order valence-electron chi connectivity index (χ2n) is 5.21. The molecule has 1 fully saturated rings. The highest BCUT2D eigenvalue weighted by molar-refractivity contribution is 5.79. The molecule has 0 aromatic carbocycles. The lowest BCUT2D eigenvalue weighted by Crippen LogP contribution is -2.42. The molecule has 112 valence electrons. The second-order valence-corrected chi connectivity index (χ2v) is 5.21. The van der Waals surface area contributed by atoms with Gasteiger partial charge in [0.15, 0.2) is 0 Å². The number of aliphatic hydroxyl groups excluding tert-OH is 1. The molecule has 6 heteroatoms. The molecule has 0 bridgehead atoms. The summed E-state index contributed by atoms with van der Waals surface area (Å²) in [6, 6.07) is 0. The van der Waals surface area contributed by atoms with E-state index >= 15 is 0 Å². The van der Waals surface area contributed by atoms with Gasteiger partial charge in [0.2, 0.25) is 5.91 Å². The number of amides is 1. The molecule has 1 aliphatic carbocycles. The average molecular weight is 278 g/mol. The molecule has 3 N–H and O–H groups in total. The maximum atomic E-state index is 12.4. The Morgan fingerprint density at radius 1 is 1.42 bits per heavy atom. The van der Waals surface area contributed by atoms with Gasteiger partial charge in [-0.15, -0.1) is 0 Å². The number of hydrogen-bond acceptors (Lipinski definition) is 3. The van der Waals surface area contributed by atoms with E-state index < -0.39 is 13.0 Å². The summed E-state index contributed by atoms with van der Waals surface area (Å²) in [5.41, 5.74) is 5.53. The Morgan fingerprint density at radius 2 is 2.16 bits per heavy atom. The molecular formula is C13H24F2N2O2. The monoisotopic (exact) mass is 278 g/mol. The smallest absolute Gasteiger partial charge is 0.255 e. The number of carbonyl (C=O) groups excluding carboxylic acids is 1. The van der Waals surface area contributed by atoms with Crippen LogP contribution in [0.15, 0.2) is 0 Å².